The molecule has 44 heavy (non-hydrogen) atoms. The first-order chi connectivity index (χ1) is 21.2. The molecular weight excluding hydrogens is 567 g/mol. The fourth-order valence-electron chi connectivity index (χ4n) is 5.87. The number of hydrogen-bond acceptors (Lipinski definition) is 7. The van der Waals surface area contributed by atoms with Gasteiger partial charge in [-0.25, -0.2) is 23.1 Å². The molecule has 4 aromatic rings. The number of para-hydroxylation sites is 1. The van der Waals surface area contributed by atoms with E-state index in [0.717, 1.165) is 48.0 Å². The van der Waals surface area contributed by atoms with Crippen molar-refractivity contribution in [1.29, 1.82) is 0 Å². The highest BCUT2D eigenvalue weighted by atomic mass is 19.3. The van der Waals surface area contributed by atoms with Crippen LogP contribution in [0.3, 0.4) is 0 Å². The standard InChI is InChI=1S/C33H38F3N7O/c1-20(21(2)25-5-4-6-26-31(33(44)37-3)27(34)17-40-32(25)26)15-39-30-14-28(41-19-42-30)23-7-8-24(38-16-23)13-22-9-11-43(12-10-22)18-29(35)36/h4-8,14,16-17,19-22,29H,9-13,15,18H2,1-3H3,(H,37,44)(H,39,41,42)/t20-,21?/m1/s1. The molecule has 4 heterocycles. The molecule has 0 saturated carbocycles. The van der Waals surface area contributed by atoms with Crippen LogP contribution in [0.25, 0.3) is 22.2 Å². The van der Waals surface area contributed by atoms with Gasteiger partial charge in [0.1, 0.15) is 12.1 Å². The SMILES string of the molecule is CNC(=O)c1c(F)cnc2c(C(C)[C@H](C)CNc3cc(-c4ccc(CC5CCN(CC(F)F)CC5)nc4)ncn3)cccc12. The van der Waals surface area contributed by atoms with Gasteiger partial charge in [-0.1, -0.05) is 32.0 Å². The number of anilines is 1. The van der Waals surface area contributed by atoms with Crippen LogP contribution >= 0.6 is 0 Å². The predicted molar refractivity (Wildman–Crippen MR) is 165 cm³/mol. The Morgan fingerprint density at radius 3 is 2.55 bits per heavy atom. The number of carbonyl (C=O) groups is 1. The largest absolute Gasteiger partial charge is 0.370 e. The Hall–Kier alpha value is -4.12. The van der Waals surface area contributed by atoms with E-state index in [2.05, 4.69) is 44.4 Å². The first-order valence-corrected chi connectivity index (χ1v) is 15.0. The average Bonchev–Trinajstić information content (AvgIpc) is 3.03. The molecule has 1 aliphatic rings. The van der Waals surface area contributed by atoms with Gasteiger partial charge in [-0.3, -0.25) is 19.7 Å². The summed E-state index contributed by atoms with van der Waals surface area (Å²) in [5.74, 6) is 0.211. The van der Waals surface area contributed by atoms with Gasteiger partial charge >= 0.3 is 0 Å². The number of pyridine rings is 2. The van der Waals surface area contributed by atoms with Crippen LogP contribution in [0.15, 0.2) is 55.1 Å². The van der Waals surface area contributed by atoms with Gasteiger partial charge < -0.3 is 10.6 Å². The number of halogens is 3. The summed E-state index contributed by atoms with van der Waals surface area (Å²) in [5, 5.41) is 6.42. The summed E-state index contributed by atoms with van der Waals surface area (Å²) in [6.07, 6.45) is 4.82. The molecule has 1 fully saturated rings. The summed E-state index contributed by atoms with van der Waals surface area (Å²) in [4.78, 5) is 32.0. The maximum atomic E-state index is 14.5. The summed E-state index contributed by atoms with van der Waals surface area (Å²) >= 11 is 0. The number of hydrogen-bond donors (Lipinski definition) is 2. The van der Waals surface area contributed by atoms with Crippen molar-refractivity contribution in [2.24, 2.45) is 11.8 Å². The summed E-state index contributed by atoms with van der Waals surface area (Å²) in [6, 6.07) is 11.4. The van der Waals surface area contributed by atoms with Crippen molar-refractivity contribution in [2.75, 3.05) is 38.5 Å². The minimum absolute atomic E-state index is 0.00120. The fraction of sp³-hybridized carbons (Fsp3) is 0.424. The number of benzene rings is 1. The topological polar surface area (TPSA) is 95.9 Å². The van der Waals surface area contributed by atoms with Gasteiger partial charge in [0.15, 0.2) is 5.82 Å². The van der Waals surface area contributed by atoms with E-state index in [-0.39, 0.29) is 23.9 Å². The van der Waals surface area contributed by atoms with Crippen LogP contribution in [0, 0.1) is 17.7 Å². The lowest BCUT2D eigenvalue weighted by Gasteiger charge is -2.31. The lowest BCUT2D eigenvalue weighted by atomic mass is 9.87. The van der Waals surface area contributed by atoms with Crippen molar-refractivity contribution in [3.63, 3.8) is 0 Å². The second-order valence-corrected chi connectivity index (χ2v) is 11.6. The number of nitrogens with zero attached hydrogens (tertiary/aromatic N) is 5. The molecule has 232 valence electrons. The molecular formula is C33H38F3N7O. The first kappa shape index (κ1) is 31.3. The zero-order valence-electron chi connectivity index (χ0n) is 25.2. The van der Waals surface area contributed by atoms with Gasteiger partial charge in [0.25, 0.3) is 12.3 Å². The fourth-order valence-corrected chi connectivity index (χ4v) is 5.87. The normalized spacial score (nSPS) is 15.8. The number of aromatic nitrogens is 4. The van der Waals surface area contributed by atoms with Crippen molar-refractivity contribution in [3.8, 4) is 11.3 Å². The van der Waals surface area contributed by atoms with Crippen LogP contribution in [-0.2, 0) is 6.42 Å². The molecule has 0 radical (unpaired) electrons. The number of alkyl halides is 2. The molecule has 1 amide bonds. The maximum Gasteiger partial charge on any atom is 0.254 e. The molecule has 11 heteroatoms. The van der Waals surface area contributed by atoms with Gasteiger partial charge in [0.05, 0.1) is 29.5 Å². The minimum atomic E-state index is -2.28. The average molecular weight is 606 g/mol. The molecule has 1 aliphatic heterocycles. The van der Waals surface area contributed by atoms with Crippen molar-refractivity contribution in [1.82, 2.24) is 30.2 Å². The summed E-state index contributed by atoms with van der Waals surface area (Å²) in [5.41, 5.74) is 4.18. The number of fused-ring (bicyclic) bond motifs is 1. The third-order valence-electron chi connectivity index (χ3n) is 8.67. The third-order valence-corrected chi connectivity index (χ3v) is 8.67. The van der Waals surface area contributed by atoms with Crippen LogP contribution in [0.2, 0.25) is 0 Å². The second kappa shape index (κ2) is 14.1. The third kappa shape index (κ3) is 7.32. The molecule has 5 rings (SSSR count). The highest BCUT2D eigenvalue weighted by Crippen LogP contribution is 2.32. The predicted octanol–water partition coefficient (Wildman–Crippen LogP) is 5.96. The van der Waals surface area contributed by atoms with Gasteiger partial charge in [-0.05, 0) is 67.8 Å². The minimum Gasteiger partial charge on any atom is -0.370 e. The molecule has 1 unspecified atom stereocenters. The van der Waals surface area contributed by atoms with E-state index in [1.54, 1.807) is 6.07 Å². The van der Waals surface area contributed by atoms with Crippen molar-refractivity contribution in [3.05, 3.63) is 77.8 Å². The Morgan fingerprint density at radius 2 is 1.84 bits per heavy atom. The Bertz CT molecular complexity index is 1580. The molecule has 1 aromatic carbocycles. The highest BCUT2D eigenvalue weighted by Gasteiger charge is 2.23. The number of rotatable bonds is 11. The lowest BCUT2D eigenvalue weighted by Crippen LogP contribution is -2.37. The van der Waals surface area contributed by atoms with Crippen molar-refractivity contribution in [2.45, 2.75) is 45.5 Å². The number of piperidine rings is 1. The van der Waals surface area contributed by atoms with Crippen LogP contribution in [0.5, 0.6) is 0 Å². The molecule has 1 saturated heterocycles. The molecule has 8 nitrogen and oxygen atoms in total. The van der Waals surface area contributed by atoms with Gasteiger partial charge in [-0.2, -0.15) is 0 Å². The molecule has 0 aliphatic carbocycles. The van der Waals surface area contributed by atoms with E-state index >= 15 is 0 Å². The first-order valence-electron chi connectivity index (χ1n) is 15.0. The molecule has 3 aromatic heterocycles. The van der Waals surface area contributed by atoms with Crippen molar-refractivity contribution >= 4 is 22.6 Å². The van der Waals surface area contributed by atoms with Crippen LogP contribution < -0.4 is 10.6 Å². The summed E-state index contributed by atoms with van der Waals surface area (Å²) < 4.78 is 39.8. The van der Waals surface area contributed by atoms with E-state index in [1.807, 2.05) is 41.4 Å². The Kier molecular flexibility index (Phi) is 10.0. The van der Waals surface area contributed by atoms with Crippen LogP contribution in [0.4, 0.5) is 19.0 Å². The molecule has 2 atom stereocenters. The number of carbonyl (C=O) groups excluding carboxylic acids is 1. The Balaban J connectivity index is 1.20. The second-order valence-electron chi connectivity index (χ2n) is 11.6. The molecule has 2 N–H and O–H groups in total. The number of amides is 1. The van der Waals surface area contributed by atoms with E-state index in [4.69, 9.17) is 0 Å². The van der Waals surface area contributed by atoms with Gasteiger partial charge in [0, 0.05) is 42.5 Å². The molecule has 0 bridgehead atoms. The Morgan fingerprint density at radius 1 is 1.05 bits per heavy atom. The zero-order valence-corrected chi connectivity index (χ0v) is 25.2. The van der Waals surface area contributed by atoms with E-state index in [9.17, 15) is 18.0 Å². The van der Waals surface area contributed by atoms with E-state index in [1.165, 1.54) is 13.4 Å². The number of nitrogens with one attached hydrogen (secondary N) is 2. The molecule has 0 spiro atoms. The highest BCUT2D eigenvalue weighted by molar-refractivity contribution is 6.06. The summed E-state index contributed by atoms with van der Waals surface area (Å²) in [7, 11) is 1.48. The Labute approximate surface area is 255 Å². The quantitative estimate of drug-likeness (QED) is 0.218. The zero-order chi connectivity index (χ0) is 31.2. The van der Waals surface area contributed by atoms with Gasteiger partial charge in [0.2, 0.25) is 0 Å². The van der Waals surface area contributed by atoms with Crippen LogP contribution in [0.1, 0.15) is 54.2 Å². The lowest BCUT2D eigenvalue weighted by molar-refractivity contribution is 0.0690. The van der Waals surface area contributed by atoms with E-state index in [0.29, 0.717) is 42.3 Å². The number of likely N-dealkylation sites (tertiary alicyclic amines) is 1. The van der Waals surface area contributed by atoms with Crippen LogP contribution in [-0.4, -0.2) is 70.4 Å². The van der Waals surface area contributed by atoms with Crippen molar-refractivity contribution < 1.29 is 18.0 Å². The smallest absolute Gasteiger partial charge is 0.254 e. The maximum absolute atomic E-state index is 14.5. The van der Waals surface area contributed by atoms with E-state index < -0.39 is 18.1 Å². The van der Waals surface area contributed by atoms with Gasteiger partial charge in [-0.15, -0.1) is 0 Å². The summed E-state index contributed by atoms with van der Waals surface area (Å²) in [6.45, 7) is 6.10. The monoisotopic (exact) mass is 605 g/mol.